The molecule has 0 saturated carbocycles. The summed E-state index contributed by atoms with van der Waals surface area (Å²) in [6, 6.07) is -0.397. The van der Waals surface area contributed by atoms with Gasteiger partial charge < -0.3 is 0 Å². The van der Waals surface area contributed by atoms with Crippen LogP contribution in [0.4, 0.5) is 4.79 Å². The van der Waals surface area contributed by atoms with Gasteiger partial charge in [-0.1, -0.05) is 0 Å². The molecule has 0 radical (unpaired) electrons. The van der Waals surface area contributed by atoms with Crippen LogP contribution >= 0.6 is 0 Å². The van der Waals surface area contributed by atoms with Crippen molar-refractivity contribution in [1.29, 1.82) is 0 Å². The number of aliphatic imine (C=N–C) groups is 1. The predicted molar refractivity (Wildman–Crippen MR) is 29.9 cm³/mol. The molecule has 0 fully saturated rings. The first kappa shape index (κ1) is 7.85. The van der Waals surface area contributed by atoms with Crippen LogP contribution in [-0.4, -0.2) is 20.8 Å². The molecule has 0 saturated heterocycles. The molecule has 1 unspecified atom stereocenters. The fraction of sp³-hybridized carbons (Fsp3) is 0.400. The molecule has 0 aromatic heterocycles. The molecule has 0 spiro atoms. The van der Waals surface area contributed by atoms with Gasteiger partial charge in [0, 0.05) is 0 Å². The third-order valence-electron chi connectivity index (χ3n) is 1.30. The fourth-order valence-electron chi connectivity index (χ4n) is 0.649. The molecule has 0 aromatic rings. The quantitative estimate of drug-likeness (QED) is 0.594. The molecule has 1 heterocycles. The second-order valence-electron chi connectivity index (χ2n) is 2.12. The summed E-state index contributed by atoms with van der Waals surface area (Å²) in [5, 5.41) is 0. The normalized spacial score (nSPS) is 25.9. The van der Waals surface area contributed by atoms with E-state index in [2.05, 4.69) is 4.99 Å². The van der Waals surface area contributed by atoms with Gasteiger partial charge >= 0.3 is 74.7 Å². The van der Waals surface area contributed by atoms with Gasteiger partial charge in [0.1, 0.15) is 0 Å². The molecule has 4 nitrogen and oxygen atoms in total. The van der Waals surface area contributed by atoms with E-state index < -0.39 is 6.03 Å². The molecule has 1 aliphatic rings. The summed E-state index contributed by atoms with van der Waals surface area (Å²) >= 11 is 0.0265. The van der Waals surface area contributed by atoms with E-state index in [9.17, 15) is 9.59 Å². The fourth-order valence-corrected chi connectivity index (χ4v) is 2.09. The van der Waals surface area contributed by atoms with Crippen LogP contribution in [0.2, 0.25) is 0 Å². The van der Waals surface area contributed by atoms with Crippen molar-refractivity contribution >= 4 is 18.2 Å². The number of urea groups is 1. The second-order valence-corrected chi connectivity index (χ2v) is 4.57. The minimum atomic E-state index is -0.397. The molecule has 0 bridgehead atoms. The van der Waals surface area contributed by atoms with Gasteiger partial charge in [0.2, 0.25) is 0 Å². The molecule has 5 heteroatoms. The molecule has 1 atom stereocenters. The van der Waals surface area contributed by atoms with E-state index in [1.54, 1.807) is 6.92 Å². The number of amides is 3. The Balaban J connectivity index is 2.89. The summed E-state index contributed by atoms with van der Waals surface area (Å²) < 4.78 is 1.21. The van der Waals surface area contributed by atoms with E-state index in [1.807, 2.05) is 0 Å². The van der Waals surface area contributed by atoms with E-state index >= 15 is 0 Å². The van der Waals surface area contributed by atoms with Crippen molar-refractivity contribution in [2.24, 2.45) is 10.9 Å². The Morgan fingerprint density at radius 1 is 1.70 bits per heavy atom. The van der Waals surface area contributed by atoms with Crippen LogP contribution in [0, 0.1) is 5.92 Å². The molecule has 0 aromatic carbocycles. The van der Waals surface area contributed by atoms with Crippen LogP contribution in [0.15, 0.2) is 4.99 Å². The summed E-state index contributed by atoms with van der Waals surface area (Å²) in [7, 11) is 0. The van der Waals surface area contributed by atoms with Gasteiger partial charge in [-0.05, 0) is 0 Å². The van der Waals surface area contributed by atoms with Gasteiger partial charge in [0.05, 0.1) is 0 Å². The van der Waals surface area contributed by atoms with Crippen molar-refractivity contribution in [2.45, 2.75) is 6.92 Å². The van der Waals surface area contributed by atoms with Crippen molar-refractivity contribution in [1.82, 2.24) is 2.66 Å². The molecule has 1 aliphatic heterocycles. The third kappa shape index (κ3) is 1.26. The summed E-state index contributed by atoms with van der Waals surface area (Å²) in [4.78, 5) is 25.2. The summed E-state index contributed by atoms with van der Waals surface area (Å²) in [5.74, 6) is -0.321. The van der Waals surface area contributed by atoms with Gasteiger partial charge in [0.25, 0.3) is 0 Å². The Morgan fingerprint density at radius 3 is 2.80 bits per heavy atom. The second kappa shape index (κ2) is 2.78. The monoisotopic (exact) mass is 327 g/mol. The Labute approximate surface area is 74.7 Å². The standard InChI is InChI=1S/C5H6N2O2.Hg/c1-3-2-6-5(9)7-4(3)8;/h2-3H,1H3,(H,7,8,9);/q;+1/p-1. The molecule has 49 valence electrons. The number of carbonyl (C=O) groups excluding carboxylic acids is 2. The maximum atomic E-state index is 11.0. The number of hydrogen-bond donors (Lipinski definition) is 0. The van der Waals surface area contributed by atoms with Gasteiger partial charge in [0.15, 0.2) is 0 Å². The number of carbonyl (C=O) groups is 2. The van der Waals surface area contributed by atoms with Crippen LogP contribution in [0.5, 0.6) is 0 Å². The molecule has 1 rings (SSSR count). The SMILES string of the molecule is CC1C=NC(=O)[N]([Hg])C1=O. The van der Waals surface area contributed by atoms with Gasteiger partial charge in [-0.25, -0.2) is 0 Å². The topological polar surface area (TPSA) is 49.7 Å². The first-order valence-corrected chi connectivity index (χ1v) is 5.31. The van der Waals surface area contributed by atoms with E-state index in [4.69, 9.17) is 0 Å². The van der Waals surface area contributed by atoms with Crippen molar-refractivity contribution in [3.05, 3.63) is 0 Å². The van der Waals surface area contributed by atoms with Crippen molar-refractivity contribution in [3.63, 3.8) is 0 Å². The molecule has 10 heavy (non-hydrogen) atoms. The Morgan fingerprint density at radius 2 is 2.30 bits per heavy atom. The van der Waals surface area contributed by atoms with Crippen LogP contribution in [-0.2, 0) is 31.2 Å². The average Bonchev–Trinajstić information content (AvgIpc) is 1.93. The van der Waals surface area contributed by atoms with Crippen LogP contribution < -0.4 is 0 Å². The van der Waals surface area contributed by atoms with E-state index in [0.717, 1.165) is 0 Å². The predicted octanol–water partition coefficient (Wildman–Crippen LogP) is 0.117. The van der Waals surface area contributed by atoms with E-state index in [1.165, 1.54) is 8.88 Å². The third-order valence-corrected chi connectivity index (χ3v) is 3.56. The first-order chi connectivity index (χ1) is 4.63. The molecular weight excluding hydrogens is 321 g/mol. The van der Waals surface area contributed by atoms with Gasteiger partial charge in [-0.15, -0.1) is 0 Å². The van der Waals surface area contributed by atoms with Crippen molar-refractivity contribution < 1.29 is 36.0 Å². The molecule has 0 N–H and O–H groups in total. The Hall–Kier alpha value is -0.255. The molecular formula is C5H5HgN2O2. The van der Waals surface area contributed by atoms with Gasteiger partial charge in [-0.2, -0.15) is 0 Å². The number of rotatable bonds is 0. The Bertz CT molecular complexity index is 214. The zero-order valence-corrected chi connectivity index (χ0v) is 11.1. The molecule has 3 amide bonds. The van der Waals surface area contributed by atoms with Gasteiger partial charge in [-0.3, -0.25) is 0 Å². The van der Waals surface area contributed by atoms with Crippen LogP contribution in [0.3, 0.4) is 0 Å². The molecule has 0 aliphatic carbocycles. The number of hydrogen-bond acceptors (Lipinski definition) is 2. The first-order valence-electron chi connectivity index (χ1n) is 2.85. The van der Waals surface area contributed by atoms with Crippen molar-refractivity contribution in [2.75, 3.05) is 0 Å². The number of imide groups is 1. The zero-order chi connectivity index (χ0) is 7.72. The van der Waals surface area contributed by atoms with Crippen LogP contribution in [0.1, 0.15) is 6.92 Å². The Kier molecular flexibility index (Phi) is 2.18. The summed E-state index contributed by atoms with van der Waals surface area (Å²) in [5.41, 5.74) is 0. The zero-order valence-electron chi connectivity index (χ0n) is 5.57. The minimum absolute atomic E-state index is 0.0265. The van der Waals surface area contributed by atoms with Crippen molar-refractivity contribution in [3.8, 4) is 0 Å². The maximum absolute atomic E-state index is 11.0. The van der Waals surface area contributed by atoms with E-state index in [0.29, 0.717) is 0 Å². The summed E-state index contributed by atoms with van der Waals surface area (Å²) in [6.07, 6.45) is 1.40. The van der Waals surface area contributed by atoms with Crippen LogP contribution in [0.25, 0.3) is 0 Å². The summed E-state index contributed by atoms with van der Waals surface area (Å²) in [6.45, 7) is 1.73. The number of nitrogens with zero attached hydrogens (tertiary/aromatic N) is 2. The average molecular weight is 326 g/mol. The van der Waals surface area contributed by atoms with E-state index in [-0.39, 0.29) is 38.2 Å².